The molecule has 2 N–H and O–H groups in total. The number of carbonyl (C=O) groups is 1. The summed E-state index contributed by atoms with van der Waals surface area (Å²) in [6.45, 7) is 3.76. The van der Waals surface area contributed by atoms with Crippen LogP contribution >= 0.6 is 0 Å². The molecular formula is C21H24FN5O. The summed E-state index contributed by atoms with van der Waals surface area (Å²) < 4.78 is 16.1. The topological polar surface area (TPSA) is 67.4 Å². The Kier molecular flexibility index (Phi) is 5.25. The molecule has 1 aliphatic rings. The minimum absolute atomic E-state index is 0.0118. The summed E-state index contributed by atoms with van der Waals surface area (Å²) in [6, 6.07) is 10.9. The monoisotopic (exact) mass is 381 g/mol. The maximum Gasteiger partial charge on any atom is 0.253 e. The van der Waals surface area contributed by atoms with Crippen molar-refractivity contribution in [1.82, 2.24) is 14.5 Å². The first-order chi connectivity index (χ1) is 13.7. The molecule has 3 heterocycles. The molecule has 28 heavy (non-hydrogen) atoms. The van der Waals surface area contributed by atoms with Gasteiger partial charge in [-0.15, -0.1) is 0 Å². The smallest absolute Gasteiger partial charge is 0.253 e. The van der Waals surface area contributed by atoms with E-state index >= 15 is 0 Å². The average Bonchev–Trinajstić information content (AvgIpc) is 3.14. The largest absolute Gasteiger partial charge is 0.351 e. The van der Waals surface area contributed by atoms with Gasteiger partial charge in [0.25, 0.3) is 5.91 Å². The van der Waals surface area contributed by atoms with Gasteiger partial charge in [-0.1, -0.05) is 0 Å². The molecule has 2 aromatic heterocycles. The highest BCUT2D eigenvalue weighted by Gasteiger charge is 2.24. The Morgan fingerprint density at radius 1 is 1.14 bits per heavy atom. The fourth-order valence-corrected chi connectivity index (χ4v) is 3.70. The van der Waals surface area contributed by atoms with Gasteiger partial charge in [-0.2, -0.15) is 0 Å². The second-order valence-electron chi connectivity index (χ2n) is 7.01. The highest BCUT2D eigenvalue weighted by Crippen LogP contribution is 2.21. The van der Waals surface area contributed by atoms with Crippen LogP contribution in [-0.4, -0.2) is 53.1 Å². The minimum atomic E-state index is -0.327. The van der Waals surface area contributed by atoms with Crippen LogP contribution in [0.4, 0.5) is 10.2 Å². The quantitative estimate of drug-likeness (QED) is 0.737. The summed E-state index contributed by atoms with van der Waals surface area (Å²) in [7, 11) is 0. The van der Waals surface area contributed by atoms with E-state index in [1.807, 2.05) is 40.3 Å². The van der Waals surface area contributed by atoms with Gasteiger partial charge in [0.2, 0.25) is 0 Å². The standard InChI is InChI=1S/C21H24FN5O/c22-18-3-1-8-24-20(18)26-11-13-27(14-12-26)21(28)17-4-5-19-16(15-17)6-10-25(19)9-2-7-23/h1,3-6,8,10,15H,2,7,9,11-14,23H2. The normalized spacial score (nSPS) is 14.6. The minimum Gasteiger partial charge on any atom is -0.351 e. The molecule has 0 aliphatic carbocycles. The third-order valence-corrected chi connectivity index (χ3v) is 5.23. The van der Waals surface area contributed by atoms with Crippen LogP contribution in [0.3, 0.4) is 0 Å². The second kappa shape index (κ2) is 7.98. The molecule has 7 heteroatoms. The van der Waals surface area contributed by atoms with E-state index in [1.165, 1.54) is 6.07 Å². The highest BCUT2D eigenvalue weighted by molar-refractivity contribution is 5.98. The summed E-state index contributed by atoms with van der Waals surface area (Å²) in [5.41, 5.74) is 7.39. The van der Waals surface area contributed by atoms with Crippen LogP contribution in [0.1, 0.15) is 16.8 Å². The van der Waals surface area contributed by atoms with Gasteiger partial charge < -0.3 is 20.1 Å². The lowest BCUT2D eigenvalue weighted by Crippen LogP contribution is -2.49. The SMILES string of the molecule is NCCCn1ccc2cc(C(=O)N3CCN(c4ncccc4F)CC3)ccc21. The second-order valence-corrected chi connectivity index (χ2v) is 7.01. The number of hydrogen-bond donors (Lipinski definition) is 1. The van der Waals surface area contributed by atoms with Crippen LogP contribution < -0.4 is 10.6 Å². The number of pyridine rings is 1. The first kappa shape index (κ1) is 18.4. The third kappa shape index (κ3) is 3.57. The zero-order valence-corrected chi connectivity index (χ0v) is 15.7. The number of benzene rings is 1. The number of nitrogens with zero attached hydrogens (tertiary/aromatic N) is 4. The summed E-state index contributed by atoms with van der Waals surface area (Å²) in [4.78, 5) is 20.8. The first-order valence-corrected chi connectivity index (χ1v) is 9.61. The molecule has 1 saturated heterocycles. The number of nitrogens with two attached hydrogens (primary N) is 1. The Morgan fingerprint density at radius 3 is 2.71 bits per heavy atom. The van der Waals surface area contributed by atoms with Crippen LogP contribution in [0.2, 0.25) is 0 Å². The Bertz CT molecular complexity index is 978. The van der Waals surface area contributed by atoms with Crippen molar-refractivity contribution in [3.63, 3.8) is 0 Å². The van der Waals surface area contributed by atoms with Gasteiger partial charge in [0, 0.05) is 61.6 Å². The van der Waals surface area contributed by atoms with Crippen molar-refractivity contribution in [3.05, 3.63) is 60.2 Å². The van der Waals surface area contributed by atoms with Crippen molar-refractivity contribution < 1.29 is 9.18 Å². The molecule has 1 aromatic carbocycles. The molecule has 3 aromatic rings. The third-order valence-electron chi connectivity index (χ3n) is 5.23. The molecule has 4 rings (SSSR count). The molecule has 1 amide bonds. The zero-order valence-electron chi connectivity index (χ0n) is 15.7. The van der Waals surface area contributed by atoms with E-state index in [0.29, 0.717) is 44.1 Å². The number of rotatable bonds is 5. The van der Waals surface area contributed by atoms with Crippen molar-refractivity contribution >= 4 is 22.6 Å². The Labute approximate surface area is 163 Å². The van der Waals surface area contributed by atoms with Gasteiger partial charge in [-0.25, -0.2) is 9.37 Å². The number of aromatic nitrogens is 2. The van der Waals surface area contributed by atoms with Crippen LogP contribution in [0.25, 0.3) is 10.9 Å². The fraction of sp³-hybridized carbons (Fsp3) is 0.333. The first-order valence-electron chi connectivity index (χ1n) is 9.61. The van der Waals surface area contributed by atoms with Crippen LogP contribution in [0.15, 0.2) is 48.8 Å². The van der Waals surface area contributed by atoms with Gasteiger partial charge in [0.15, 0.2) is 11.6 Å². The number of hydrogen-bond acceptors (Lipinski definition) is 4. The van der Waals surface area contributed by atoms with Gasteiger partial charge in [-0.3, -0.25) is 4.79 Å². The van der Waals surface area contributed by atoms with Crippen molar-refractivity contribution in [2.45, 2.75) is 13.0 Å². The molecule has 0 atom stereocenters. The summed E-state index contributed by atoms with van der Waals surface area (Å²) >= 11 is 0. The Hall–Kier alpha value is -2.93. The number of amides is 1. The van der Waals surface area contributed by atoms with E-state index in [9.17, 15) is 9.18 Å². The summed E-state index contributed by atoms with van der Waals surface area (Å²) in [6.07, 6.45) is 4.55. The van der Waals surface area contributed by atoms with Crippen molar-refractivity contribution in [2.24, 2.45) is 5.73 Å². The van der Waals surface area contributed by atoms with Crippen LogP contribution in [0, 0.1) is 5.82 Å². The molecule has 146 valence electrons. The van der Waals surface area contributed by atoms with E-state index in [2.05, 4.69) is 9.55 Å². The van der Waals surface area contributed by atoms with E-state index in [0.717, 1.165) is 23.9 Å². The fourth-order valence-electron chi connectivity index (χ4n) is 3.70. The number of piperazine rings is 1. The maximum atomic E-state index is 13.9. The molecule has 0 bridgehead atoms. The van der Waals surface area contributed by atoms with Crippen molar-refractivity contribution in [3.8, 4) is 0 Å². The molecule has 0 unspecified atom stereocenters. The van der Waals surface area contributed by atoms with Crippen molar-refractivity contribution in [1.29, 1.82) is 0 Å². The van der Waals surface area contributed by atoms with E-state index in [-0.39, 0.29) is 11.7 Å². The van der Waals surface area contributed by atoms with E-state index < -0.39 is 0 Å². The van der Waals surface area contributed by atoms with Gasteiger partial charge in [-0.05, 0) is 49.4 Å². The molecule has 0 radical (unpaired) electrons. The molecule has 1 aliphatic heterocycles. The van der Waals surface area contributed by atoms with E-state index in [1.54, 1.807) is 12.3 Å². The highest BCUT2D eigenvalue weighted by atomic mass is 19.1. The Balaban J connectivity index is 1.44. The average molecular weight is 381 g/mol. The molecular weight excluding hydrogens is 357 g/mol. The lowest BCUT2D eigenvalue weighted by Gasteiger charge is -2.35. The molecule has 6 nitrogen and oxygen atoms in total. The molecule has 0 spiro atoms. The molecule has 0 saturated carbocycles. The van der Waals surface area contributed by atoms with Gasteiger partial charge in [0.05, 0.1) is 0 Å². The number of aryl methyl sites for hydroxylation is 1. The lowest BCUT2D eigenvalue weighted by atomic mass is 10.1. The number of fused-ring (bicyclic) bond motifs is 1. The van der Waals surface area contributed by atoms with Crippen molar-refractivity contribution in [2.75, 3.05) is 37.6 Å². The lowest BCUT2D eigenvalue weighted by molar-refractivity contribution is 0.0746. The molecule has 1 fully saturated rings. The number of anilines is 1. The zero-order chi connectivity index (χ0) is 19.5. The predicted molar refractivity (Wildman–Crippen MR) is 108 cm³/mol. The van der Waals surface area contributed by atoms with Crippen LogP contribution in [0.5, 0.6) is 0 Å². The Morgan fingerprint density at radius 2 is 1.96 bits per heavy atom. The van der Waals surface area contributed by atoms with Gasteiger partial charge >= 0.3 is 0 Å². The summed E-state index contributed by atoms with van der Waals surface area (Å²) in [5.74, 6) is 0.0412. The number of halogens is 1. The van der Waals surface area contributed by atoms with Gasteiger partial charge in [0.1, 0.15) is 0 Å². The number of carbonyl (C=O) groups excluding carboxylic acids is 1. The predicted octanol–water partition coefficient (Wildman–Crippen LogP) is 2.49. The summed E-state index contributed by atoms with van der Waals surface area (Å²) in [5, 5.41) is 1.05. The van der Waals surface area contributed by atoms with E-state index in [4.69, 9.17) is 5.73 Å². The van der Waals surface area contributed by atoms with Crippen LogP contribution in [-0.2, 0) is 6.54 Å². The maximum absolute atomic E-state index is 13.9.